The number of carboxylic acids is 1. The number of carboxylic acid groups (broad SMARTS) is 1. The SMILES string of the molecule is CCN1C(=O)C(CC(=O)O)NCCC1C. The normalized spacial score (nSPS) is 27.6. The highest BCUT2D eigenvalue weighted by Crippen LogP contribution is 2.11. The van der Waals surface area contributed by atoms with E-state index in [1.54, 1.807) is 4.90 Å². The summed E-state index contributed by atoms with van der Waals surface area (Å²) in [5, 5.41) is 11.7. The van der Waals surface area contributed by atoms with Crippen molar-refractivity contribution in [3.05, 3.63) is 0 Å². The van der Waals surface area contributed by atoms with Crippen LogP contribution >= 0.6 is 0 Å². The van der Waals surface area contributed by atoms with Crippen molar-refractivity contribution < 1.29 is 14.7 Å². The molecule has 86 valence electrons. The summed E-state index contributed by atoms with van der Waals surface area (Å²) in [7, 11) is 0. The molecule has 0 radical (unpaired) electrons. The van der Waals surface area contributed by atoms with Gasteiger partial charge in [-0.2, -0.15) is 0 Å². The van der Waals surface area contributed by atoms with E-state index in [0.717, 1.165) is 6.42 Å². The fraction of sp³-hybridized carbons (Fsp3) is 0.800. The molecule has 0 saturated carbocycles. The number of aliphatic carboxylic acids is 1. The molecular weight excluding hydrogens is 196 g/mol. The van der Waals surface area contributed by atoms with Crippen LogP contribution in [0.1, 0.15) is 26.7 Å². The number of rotatable bonds is 3. The molecular formula is C10H18N2O3. The molecule has 1 aliphatic rings. The molecule has 1 rings (SSSR count). The summed E-state index contributed by atoms with van der Waals surface area (Å²) in [5.74, 6) is -1.03. The largest absolute Gasteiger partial charge is 0.481 e. The van der Waals surface area contributed by atoms with Gasteiger partial charge in [-0.3, -0.25) is 9.59 Å². The Morgan fingerprint density at radius 1 is 1.67 bits per heavy atom. The maximum Gasteiger partial charge on any atom is 0.305 e. The molecule has 0 bridgehead atoms. The predicted molar refractivity (Wildman–Crippen MR) is 55.5 cm³/mol. The number of nitrogens with one attached hydrogen (secondary N) is 1. The first-order valence-electron chi connectivity index (χ1n) is 5.32. The summed E-state index contributed by atoms with van der Waals surface area (Å²) in [5.41, 5.74) is 0. The fourth-order valence-electron chi connectivity index (χ4n) is 1.93. The van der Waals surface area contributed by atoms with Crippen LogP contribution in [0.5, 0.6) is 0 Å². The lowest BCUT2D eigenvalue weighted by atomic mass is 10.1. The van der Waals surface area contributed by atoms with Crippen LogP contribution in [0.15, 0.2) is 0 Å². The zero-order valence-corrected chi connectivity index (χ0v) is 9.19. The van der Waals surface area contributed by atoms with Gasteiger partial charge in [0.1, 0.15) is 0 Å². The molecule has 0 aromatic rings. The van der Waals surface area contributed by atoms with Crippen LogP contribution in [0.2, 0.25) is 0 Å². The van der Waals surface area contributed by atoms with Crippen molar-refractivity contribution in [2.75, 3.05) is 13.1 Å². The molecule has 2 unspecified atom stereocenters. The Morgan fingerprint density at radius 3 is 2.87 bits per heavy atom. The van der Waals surface area contributed by atoms with Crippen molar-refractivity contribution in [1.29, 1.82) is 0 Å². The average molecular weight is 214 g/mol. The van der Waals surface area contributed by atoms with E-state index in [1.165, 1.54) is 0 Å². The summed E-state index contributed by atoms with van der Waals surface area (Å²) < 4.78 is 0. The third-order valence-electron chi connectivity index (χ3n) is 2.79. The van der Waals surface area contributed by atoms with E-state index in [4.69, 9.17) is 5.11 Å². The number of amides is 1. The number of hydrogen-bond acceptors (Lipinski definition) is 3. The van der Waals surface area contributed by atoms with Gasteiger partial charge in [0.15, 0.2) is 0 Å². The van der Waals surface area contributed by atoms with Crippen LogP contribution in [0.25, 0.3) is 0 Å². The zero-order chi connectivity index (χ0) is 11.4. The Balaban J connectivity index is 2.73. The second-order valence-electron chi connectivity index (χ2n) is 3.87. The van der Waals surface area contributed by atoms with Crippen molar-refractivity contribution in [3.8, 4) is 0 Å². The van der Waals surface area contributed by atoms with Crippen molar-refractivity contribution >= 4 is 11.9 Å². The zero-order valence-electron chi connectivity index (χ0n) is 9.19. The fourth-order valence-corrected chi connectivity index (χ4v) is 1.93. The average Bonchev–Trinajstić information content (AvgIpc) is 2.27. The maximum absolute atomic E-state index is 11.9. The van der Waals surface area contributed by atoms with Crippen LogP contribution in [0.3, 0.4) is 0 Å². The summed E-state index contributed by atoms with van der Waals surface area (Å²) in [6.07, 6.45) is 0.734. The highest BCUT2D eigenvalue weighted by atomic mass is 16.4. The molecule has 1 fully saturated rings. The quantitative estimate of drug-likeness (QED) is 0.697. The molecule has 0 aromatic carbocycles. The lowest BCUT2D eigenvalue weighted by Crippen LogP contribution is -2.46. The summed E-state index contributed by atoms with van der Waals surface area (Å²) in [4.78, 5) is 24.3. The molecule has 2 atom stereocenters. The molecule has 1 heterocycles. The van der Waals surface area contributed by atoms with E-state index >= 15 is 0 Å². The predicted octanol–water partition coefficient (Wildman–Crippen LogP) is 0.0600. The van der Waals surface area contributed by atoms with Crippen molar-refractivity contribution in [2.24, 2.45) is 0 Å². The van der Waals surface area contributed by atoms with Crippen molar-refractivity contribution in [2.45, 2.75) is 38.8 Å². The summed E-state index contributed by atoms with van der Waals surface area (Å²) in [6, 6.07) is -0.374. The second-order valence-corrected chi connectivity index (χ2v) is 3.87. The van der Waals surface area contributed by atoms with Gasteiger partial charge in [-0.05, 0) is 26.8 Å². The molecule has 1 amide bonds. The molecule has 5 nitrogen and oxygen atoms in total. The highest BCUT2D eigenvalue weighted by molar-refractivity contribution is 5.86. The molecule has 0 aromatic heterocycles. The summed E-state index contributed by atoms with van der Waals surface area (Å²) in [6.45, 7) is 5.24. The third kappa shape index (κ3) is 2.92. The lowest BCUT2D eigenvalue weighted by molar-refractivity contribution is -0.142. The van der Waals surface area contributed by atoms with E-state index in [2.05, 4.69) is 5.32 Å². The first-order chi connectivity index (χ1) is 7.06. The maximum atomic E-state index is 11.9. The number of carbonyl (C=O) groups is 2. The second kappa shape index (κ2) is 5.11. The molecule has 0 aliphatic carbocycles. The van der Waals surface area contributed by atoms with Gasteiger partial charge >= 0.3 is 5.97 Å². The number of carbonyl (C=O) groups excluding carboxylic acids is 1. The van der Waals surface area contributed by atoms with Crippen molar-refractivity contribution in [3.63, 3.8) is 0 Å². The van der Waals surface area contributed by atoms with Gasteiger partial charge < -0.3 is 15.3 Å². The van der Waals surface area contributed by atoms with Gasteiger partial charge in [0.05, 0.1) is 12.5 Å². The van der Waals surface area contributed by atoms with Gasteiger partial charge in [0.25, 0.3) is 0 Å². The molecule has 2 N–H and O–H groups in total. The van der Waals surface area contributed by atoms with Crippen molar-refractivity contribution in [1.82, 2.24) is 10.2 Å². The smallest absolute Gasteiger partial charge is 0.305 e. The van der Waals surface area contributed by atoms with Gasteiger partial charge in [-0.15, -0.1) is 0 Å². The monoisotopic (exact) mass is 214 g/mol. The molecule has 15 heavy (non-hydrogen) atoms. The van der Waals surface area contributed by atoms with E-state index < -0.39 is 12.0 Å². The van der Waals surface area contributed by atoms with E-state index in [1.807, 2.05) is 13.8 Å². The minimum Gasteiger partial charge on any atom is -0.481 e. The van der Waals surface area contributed by atoms with Gasteiger partial charge in [0, 0.05) is 12.6 Å². The van der Waals surface area contributed by atoms with Crippen LogP contribution < -0.4 is 5.32 Å². The summed E-state index contributed by atoms with van der Waals surface area (Å²) >= 11 is 0. The topological polar surface area (TPSA) is 69.6 Å². The Labute approximate surface area is 89.4 Å². The van der Waals surface area contributed by atoms with E-state index in [-0.39, 0.29) is 18.4 Å². The Hall–Kier alpha value is -1.10. The van der Waals surface area contributed by atoms with Crippen LogP contribution in [0, 0.1) is 0 Å². The van der Waals surface area contributed by atoms with Gasteiger partial charge in [-0.25, -0.2) is 0 Å². The third-order valence-corrected chi connectivity index (χ3v) is 2.79. The Kier molecular flexibility index (Phi) is 4.08. The van der Waals surface area contributed by atoms with Crippen LogP contribution in [-0.2, 0) is 9.59 Å². The van der Waals surface area contributed by atoms with E-state index in [0.29, 0.717) is 13.1 Å². The number of likely N-dealkylation sites (N-methyl/N-ethyl adjacent to an activating group) is 1. The first-order valence-corrected chi connectivity index (χ1v) is 5.32. The minimum absolute atomic E-state index is 0.0927. The Bertz CT molecular complexity index is 255. The van der Waals surface area contributed by atoms with Gasteiger partial charge in [0.2, 0.25) is 5.91 Å². The van der Waals surface area contributed by atoms with E-state index in [9.17, 15) is 9.59 Å². The minimum atomic E-state index is -0.938. The Morgan fingerprint density at radius 2 is 2.33 bits per heavy atom. The molecule has 5 heteroatoms. The molecule has 1 aliphatic heterocycles. The molecule has 0 spiro atoms. The molecule has 1 saturated heterocycles. The number of hydrogen-bond donors (Lipinski definition) is 2. The van der Waals surface area contributed by atoms with Crippen LogP contribution in [-0.4, -0.2) is 47.1 Å². The lowest BCUT2D eigenvalue weighted by Gasteiger charge is -2.27. The standard InChI is InChI=1S/C10H18N2O3/c1-3-12-7(2)4-5-11-8(10(12)15)6-9(13)14/h7-8,11H,3-6H2,1-2H3,(H,13,14). The first kappa shape index (κ1) is 12.0. The highest BCUT2D eigenvalue weighted by Gasteiger charge is 2.30. The van der Waals surface area contributed by atoms with Gasteiger partial charge in [-0.1, -0.05) is 0 Å². The number of nitrogens with zero attached hydrogens (tertiary/aromatic N) is 1. The van der Waals surface area contributed by atoms with Crippen LogP contribution in [0.4, 0.5) is 0 Å².